The zero-order valence-corrected chi connectivity index (χ0v) is 12.4. The van der Waals surface area contributed by atoms with Crippen molar-refractivity contribution in [1.29, 1.82) is 0 Å². The second kappa shape index (κ2) is 7.62. The Balaban J connectivity index is 2.61. The lowest BCUT2D eigenvalue weighted by molar-refractivity contribution is 0.234. The molecule has 0 atom stereocenters. The lowest BCUT2D eigenvalue weighted by Gasteiger charge is -2.23. The van der Waals surface area contributed by atoms with Gasteiger partial charge in [-0.15, -0.1) is 0 Å². The molecule has 0 saturated heterocycles. The van der Waals surface area contributed by atoms with Crippen molar-refractivity contribution in [3.8, 4) is 0 Å². The molecular weight excluding hydrogens is 246 g/mol. The van der Waals surface area contributed by atoms with Crippen LogP contribution in [-0.2, 0) is 6.54 Å². The lowest BCUT2D eigenvalue weighted by Crippen LogP contribution is -2.32. The first-order valence-corrected chi connectivity index (χ1v) is 6.81. The van der Waals surface area contributed by atoms with Gasteiger partial charge in [0.25, 0.3) is 0 Å². The first kappa shape index (κ1) is 15.3. The monoisotopic (exact) mass is 269 g/mol. The minimum absolute atomic E-state index is 0.633. The lowest BCUT2D eigenvalue weighted by atomic mass is 10.2. The summed E-state index contributed by atoms with van der Waals surface area (Å²) in [6, 6.07) is 5.90. The minimum atomic E-state index is 0.633. The highest BCUT2D eigenvalue weighted by Crippen LogP contribution is 2.20. The average Bonchev–Trinajstić information content (AvgIpc) is 2.31. The van der Waals surface area contributed by atoms with Crippen LogP contribution in [0.4, 0.5) is 5.69 Å². The Bertz CT molecular complexity index is 366. The summed E-state index contributed by atoms with van der Waals surface area (Å²) in [6.07, 6.45) is 1.16. The molecule has 0 bridgehead atoms. The Kier molecular flexibility index (Phi) is 6.47. The van der Waals surface area contributed by atoms with Crippen molar-refractivity contribution in [3.63, 3.8) is 0 Å². The zero-order chi connectivity index (χ0) is 13.5. The number of nitrogens with two attached hydrogens (primary N) is 1. The Labute approximate surface area is 116 Å². The number of halogens is 1. The summed E-state index contributed by atoms with van der Waals surface area (Å²) >= 11 is 5.94. The normalized spacial score (nSPS) is 11.4. The fourth-order valence-corrected chi connectivity index (χ4v) is 1.99. The van der Waals surface area contributed by atoms with Gasteiger partial charge in [-0.25, -0.2) is 0 Å². The Morgan fingerprint density at radius 1 is 1.17 bits per heavy atom. The largest absolute Gasteiger partial charge is 0.398 e. The summed E-state index contributed by atoms with van der Waals surface area (Å²) in [5.41, 5.74) is 7.72. The molecule has 0 saturated carbocycles. The van der Waals surface area contributed by atoms with Crippen LogP contribution in [0.1, 0.15) is 18.9 Å². The van der Waals surface area contributed by atoms with Gasteiger partial charge in [-0.1, -0.05) is 24.6 Å². The quantitative estimate of drug-likeness (QED) is 0.773. The standard InChI is InChI=1S/C14H24ClN3/c1-4-7-18(9-8-17(2)3)11-12-5-6-13(15)14(16)10-12/h5-6,10H,4,7-9,11,16H2,1-3H3. The third kappa shape index (κ3) is 5.25. The SMILES string of the molecule is CCCN(CCN(C)C)Cc1ccc(Cl)c(N)c1. The maximum Gasteiger partial charge on any atom is 0.0635 e. The molecule has 18 heavy (non-hydrogen) atoms. The molecule has 0 fully saturated rings. The average molecular weight is 270 g/mol. The number of likely N-dealkylation sites (N-methyl/N-ethyl adjacent to an activating group) is 1. The van der Waals surface area contributed by atoms with Crippen LogP contribution in [0.3, 0.4) is 0 Å². The van der Waals surface area contributed by atoms with Crippen LogP contribution in [0.5, 0.6) is 0 Å². The third-order valence-corrected chi connectivity index (χ3v) is 3.21. The van der Waals surface area contributed by atoms with Crippen molar-refractivity contribution in [2.24, 2.45) is 0 Å². The molecule has 102 valence electrons. The highest BCUT2D eigenvalue weighted by atomic mass is 35.5. The smallest absolute Gasteiger partial charge is 0.0635 e. The van der Waals surface area contributed by atoms with Gasteiger partial charge in [-0.05, 0) is 44.8 Å². The van der Waals surface area contributed by atoms with E-state index < -0.39 is 0 Å². The molecule has 3 nitrogen and oxygen atoms in total. The van der Waals surface area contributed by atoms with Gasteiger partial charge in [0.15, 0.2) is 0 Å². The molecule has 1 aromatic rings. The van der Waals surface area contributed by atoms with Crippen LogP contribution in [0, 0.1) is 0 Å². The maximum absolute atomic E-state index is 5.94. The summed E-state index contributed by atoms with van der Waals surface area (Å²) in [7, 11) is 4.20. The van der Waals surface area contributed by atoms with Crippen LogP contribution in [0.2, 0.25) is 5.02 Å². The predicted molar refractivity (Wildman–Crippen MR) is 80.0 cm³/mol. The van der Waals surface area contributed by atoms with Crippen LogP contribution in [-0.4, -0.2) is 43.5 Å². The van der Waals surface area contributed by atoms with Crippen molar-refractivity contribution in [2.45, 2.75) is 19.9 Å². The molecule has 0 aromatic heterocycles. The van der Waals surface area contributed by atoms with Crippen molar-refractivity contribution in [1.82, 2.24) is 9.80 Å². The van der Waals surface area contributed by atoms with Gasteiger partial charge in [0, 0.05) is 19.6 Å². The topological polar surface area (TPSA) is 32.5 Å². The first-order chi connectivity index (χ1) is 8.52. The van der Waals surface area contributed by atoms with E-state index in [1.807, 2.05) is 12.1 Å². The first-order valence-electron chi connectivity index (χ1n) is 6.44. The molecule has 1 aromatic carbocycles. The summed E-state index contributed by atoms with van der Waals surface area (Å²) < 4.78 is 0. The number of anilines is 1. The van der Waals surface area contributed by atoms with Crippen molar-refractivity contribution in [3.05, 3.63) is 28.8 Å². The van der Waals surface area contributed by atoms with Crippen LogP contribution in [0.25, 0.3) is 0 Å². The molecule has 0 amide bonds. The minimum Gasteiger partial charge on any atom is -0.398 e. The van der Waals surface area contributed by atoms with E-state index in [-0.39, 0.29) is 0 Å². The Morgan fingerprint density at radius 2 is 1.89 bits per heavy atom. The van der Waals surface area contributed by atoms with Gasteiger partial charge in [0.2, 0.25) is 0 Å². The van der Waals surface area contributed by atoms with Crippen molar-refractivity contribution < 1.29 is 0 Å². The molecular formula is C14H24ClN3. The second-order valence-electron chi connectivity index (χ2n) is 4.94. The maximum atomic E-state index is 5.94. The number of hydrogen-bond donors (Lipinski definition) is 1. The van der Waals surface area contributed by atoms with Gasteiger partial charge in [0.05, 0.1) is 10.7 Å². The second-order valence-corrected chi connectivity index (χ2v) is 5.34. The summed E-state index contributed by atoms with van der Waals surface area (Å²) in [5, 5.41) is 0.633. The number of nitrogen functional groups attached to an aromatic ring is 1. The molecule has 0 aliphatic carbocycles. The summed E-state index contributed by atoms with van der Waals surface area (Å²) in [5.74, 6) is 0. The predicted octanol–water partition coefficient (Wildman–Crippen LogP) is 2.70. The number of rotatable bonds is 7. The highest BCUT2D eigenvalue weighted by molar-refractivity contribution is 6.33. The number of hydrogen-bond acceptors (Lipinski definition) is 3. The molecule has 0 spiro atoms. The molecule has 0 radical (unpaired) electrons. The van der Waals surface area contributed by atoms with E-state index in [1.165, 1.54) is 5.56 Å². The number of nitrogens with zero attached hydrogens (tertiary/aromatic N) is 2. The molecule has 0 aliphatic heterocycles. The molecule has 0 aliphatic rings. The number of benzene rings is 1. The van der Waals surface area contributed by atoms with Crippen LogP contribution < -0.4 is 5.73 Å². The van der Waals surface area contributed by atoms with Gasteiger partial charge in [0.1, 0.15) is 0 Å². The Hall–Kier alpha value is -0.770. The van der Waals surface area contributed by atoms with Gasteiger partial charge < -0.3 is 10.6 Å². The van der Waals surface area contributed by atoms with Gasteiger partial charge >= 0.3 is 0 Å². The summed E-state index contributed by atoms with van der Waals surface area (Å²) in [6.45, 7) is 6.39. The van der Waals surface area contributed by atoms with Crippen LogP contribution >= 0.6 is 11.6 Å². The Morgan fingerprint density at radius 3 is 2.44 bits per heavy atom. The van der Waals surface area contributed by atoms with E-state index in [1.54, 1.807) is 0 Å². The van der Waals surface area contributed by atoms with Crippen LogP contribution in [0.15, 0.2) is 18.2 Å². The van der Waals surface area contributed by atoms with E-state index in [2.05, 4.69) is 36.9 Å². The van der Waals surface area contributed by atoms with Gasteiger partial charge in [-0.2, -0.15) is 0 Å². The van der Waals surface area contributed by atoms with E-state index in [9.17, 15) is 0 Å². The van der Waals surface area contributed by atoms with E-state index in [4.69, 9.17) is 17.3 Å². The molecule has 1 rings (SSSR count). The van der Waals surface area contributed by atoms with Gasteiger partial charge in [-0.3, -0.25) is 4.90 Å². The molecule has 4 heteroatoms. The van der Waals surface area contributed by atoms with Crippen molar-refractivity contribution >= 4 is 17.3 Å². The molecule has 0 heterocycles. The molecule has 0 unspecified atom stereocenters. The summed E-state index contributed by atoms with van der Waals surface area (Å²) in [4.78, 5) is 4.65. The van der Waals surface area contributed by atoms with E-state index in [0.717, 1.165) is 32.6 Å². The van der Waals surface area contributed by atoms with E-state index in [0.29, 0.717) is 10.7 Å². The van der Waals surface area contributed by atoms with E-state index >= 15 is 0 Å². The molecule has 2 N–H and O–H groups in total. The highest BCUT2D eigenvalue weighted by Gasteiger charge is 2.06. The van der Waals surface area contributed by atoms with Crippen molar-refractivity contribution in [2.75, 3.05) is 39.5 Å². The zero-order valence-electron chi connectivity index (χ0n) is 11.6. The fraction of sp³-hybridized carbons (Fsp3) is 0.571. The fourth-order valence-electron chi connectivity index (χ4n) is 1.88. The third-order valence-electron chi connectivity index (χ3n) is 2.87.